The van der Waals surface area contributed by atoms with E-state index in [-0.39, 0.29) is 34.3 Å². The molecule has 1 fully saturated rings. The number of aliphatic hydroxyl groups excluding tert-OH is 4. The quantitative estimate of drug-likeness (QED) is 0.232. The summed E-state index contributed by atoms with van der Waals surface area (Å²) in [7, 11) is 0. The zero-order valence-corrected chi connectivity index (χ0v) is 15.8. The van der Waals surface area contributed by atoms with Crippen LogP contribution in [0.4, 0.5) is 0 Å². The van der Waals surface area contributed by atoms with Gasteiger partial charge in [0, 0.05) is 12.1 Å². The van der Waals surface area contributed by atoms with E-state index in [1.807, 2.05) is 0 Å². The molecule has 2 heterocycles. The number of aromatic hydroxyl groups is 5. The number of phenols is 4. The van der Waals surface area contributed by atoms with Crippen LogP contribution in [0.3, 0.4) is 0 Å². The van der Waals surface area contributed by atoms with Crippen molar-refractivity contribution < 1.29 is 55.1 Å². The molecule has 31 heavy (non-hydrogen) atoms. The summed E-state index contributed by atoms with van der Waals surface area (Å²) in [5, 5.41) is 78.9. The number of ether oxygens (including phenoxy) is 3. The Bertz CT molecular complexity index is 1020. The fourth-order valence-electron chi connectivity index (χ4n) is 3.40. The van der Waals surface area contributed by atoms with Crippen molar-refractivity contribution in [2.75, 3.05) is 0 Å². The van der Waals surface area contributed by atoms with Crippen molar-refractivity contribution in [1.29, 1.82) is 0 Å². The Labute approximate surface area is 174 Å². The zero-order valence-electron chi connectivity index (χ0n) is 15.8. The highest BCUT2D eigenvalue weighted by molar-refractivity contribution is 5.69. The molecule has 0 aliphatic carbocycles. The number of phenolic OH excluding ortho intramolecular Hbond substituents is 4. The molecule has 6 unspecified atom stereocenters. The maximum Gasteiger partial charge on any atom is 0.270 e. The molecule has 0 spiro atoms. The van der Waals surface area contributed by atoms with Gasteiger partial charge < -0.3 is 55.1 Å². The first-order valence-electron chi connectivity index (χ1n) is 9.20. The summed E-state index contributed by atoms with van der Waals surface area (Å²) in [5.41, 5.74) is 0.514. The molecule has 1 saturated heterocycles. The molecule has 2 aromatic carbocycles. The van der Waals surface area contributed by atoms with Crippen molar-refractivity contribution in [3.8, 4) is 28.7 Å². The number of fused-ring (bicyclic) bond motifs is 1. The van der Waals surface area contributed by atoms with Crippen LogP contribution in [-0.2, 0) is 9.47 Å². The minimum absolute atomic E-state index is 0.0154. The molecule has 166 valence electrons. The van der Waals surface area contributed by atoms with E-state index in [1.165, 1.54) is 30.3 Å². The van der Waals surface area contributed by atoms with Crippen molar-refractivity contribution in [2.24, 2.45) is 0 Å². The first-order valence-corrected chi connectivity index (χ1v) is 9.20. The van der Waals surface area contributed by atoms with E-state index in [0.717, 1.165) is 6.07 Å². The van der Waals surface area contributed by atoms with Crippen molar-refractivity contribution in [3.63, 3.8) is 0 Å². The number of hydrogen-bond acceptors (Lipinski definition) is 10. The van der Waals surface area contributed by atoms with E-state index in [0.29, 0.717) is 5.56 Å². The van der Waals surface area contributed by atoms with Crippen LogP contribution < -0.4 is 0 Å². The maximum atomic E-state index is 10.2. The largest absolute Gasteiger partial charge is 0.571 e. The van der Waals surface area contributed by atoms with Crippen LogP contribution in [0.5, 0.6) is 28.7 Å². The maximum absolute atomic E-state index is 10.2. The van der Waals surface area contributed by atoms with Crippen LogP contribution >= 0.6 is 0 Å². The van der Waals surface area contributed by atoms with E-state index in [2.05, 4.69) is 4.74 Å². The topological polar surface area (TPSA) is 193 Å². The second-order valence-electron chi connectivity index (χ2n) is 7.21. The molecule has 0 aromatic heterocycles. The van der Waals surface area contributed by atoms with Gasteiger partial charge in [0.05, 0.1) is 11.6 Å². The third-order valence-corrected chi connectivity index (χ3v) is 5.06. The number of aliphatic hydroxyl groups is 5. The van der Waals surface area contributed by atoms with Crippen molar-refractivity contribution in [3.05, 3.63) is 47.2 Å². The number of hydrogen-bond donors (Lipinski definition) is 8. The van der Waals surface area contributed by atoms with Crippen LogP contribution in [0.15, 0.2) is 36.1 Å². The fourth-order valence-corrected chi connectivity index (χ4v) is 3.40. The molecule has 0 saturated carbocycles. The molecule has 6 atom stereocenters. The molecule has 0 radical (unpaired) electrons. The summed E-state index contributed by atoms with van der Waals surface area (Å²) in [6.45, 7) is 0. The molecule has 9 N–H and O–H groups in total. The summed E-state index contributed by atoms with van der Waals surface area (Å²) < 4.78 is 15.1. The molecule has 2 aliphatic heterocycles. The van der Waals surface area contributed by atoms with Gasteiger partial charge in [0.2, 0.25) is 6.29 Å². The Morgan fingerprint density at radius 1 is 0.806 bits per heavy atom. The predicted molar refractivity (Wildman–Crippen MR) is 102 cm³/mol. The normalized spacial score (nSPS) is 30.1. The second kappa shape index (κ2) is 7.80. The lowest BCUT2D eigenvalue weighted by atomic mass is 10.00. The van der Waals surface area contributed by atoms with Gasteiger partial charge in [-0.2, -0.15) is 0 Å². The summed E-state index contributed by atoms with van der Waals surface area (Å²) in [6, 6.07) is 6.28. The van der Waals surface area contributed by atoms with Gasteiger partial charge >= 0.3 is 0 Å². The predicted octanol–water partition coefficient (Wildman–Crippen LogP) is -0.380. The van der Waals surface area contributed by atoms with Crippen molar-refractivity contribution in [1.82, 2.24) is 0 Å². The van der Waals surface area contributed by atoms with E-state index in [1.54, 1.807) is 0 Å². The average Bonchev–Trinajstić information content (AvgIpc) is 2.72. The monoisotopic (exact) mass is 437 g/mol. The van der Waals surface area contributed by atoms with Crippen LogP contribution in [0.25, 0.3) is 6.08 Å². The standard InChI is InChI=1S/C20H20O11/c21-8-4-11(23)9-6-14(30-20-17(27)15(25)16(26)19(28)31-20)18(29-13(9)5-8)7-1-2-10(22)12(24)3-7/h1-6,15-28H/p+1. The van der Waals surface area contributed by atoms with Gasteiger partial charge in [-0.05, 0) is 18.2 Å². The molecular weight excluding hydrogens is 416 g/mol. The third-order valence-electron chi connectivity index (χ3n) is 5.06. The smallest absolute Gasteiger partial charge is 0.270 e. The van der Waals surface area contributed by atoms with Gasteiger partial charge in [0.25, 0.3) is 11.9 Å². The van der Waals surface area contributed by atoms with Crippen molar-refractivity contribution >= 4 is 6.08 Å². The van der Waals surface area contributed by atoms with Crippen LogP contribution in [-0.4, -0.2) is 76.5 Å². The minimum Gasteiger partial charge on any atom is -0.571 e. The highest BCUT2D eigenvalue weighted by Gasteiger charge is 2.46. The Balaban J connectivity index is 1.74. The lowest BCUT2D eigenvalue weighted by Gasteiger charge is -2.39. The van der Waals surface area contributed by atoms with Crippen LogP contribution in [0.2, 0.25) is 0 Å². The summed E-state index contributed by atoms with van der Waals surface area (Å²) in [5.74, 6) is -1.17. The Kier molecular flexibility index (Phi) is 5.29. The summed E-state index contributed by atoms with van der Waals surface area (Å²) in [6.07, 6.45) is -8.32. The molecule has 2 aromatic rings. The van der Waals surface area contributed by atoms with E-state index < -0.39 is 42.7 Å². The Hall–Kier alpha value is -3.22. The van der Waals surface area contributed by atoms with Gasteiger partial charge in [0.15, 0.2) is 23.5 Å². The number of benzene rings is 2. The summed E-state index contributed by atoms with van der Waals surface area (Å²) in [4.78, 5) is 0. The lowest BCUT2D eigenvalue weighted by Crippen LogP contribution is -2.58. The second-order valence-corrected chi connectivity index (χ2v) is 7.21. The van der Waals surface area contributed by atoms with E-state index in [9.17, 15) is 40.9 Å². The van der Waals surface area contributed by atoms with Gasteiger partial charge in [-0.25, -0.2) is 0 Å². The minimum atomic E-state index is -1.83. The van der Waals surface area contributed by atoms with E-state index >= 15 is 0 Å². The molecule has 0 bridgehead atoms. The van der Waals surface area contributed by atoms with Crippen molar-refractivity contribution in [2.45, 2.75) is 37.0 Å². The third kappa shape index (κ3) is 3.80. The molecule has 11 heteroatoms. The molecule has 2 aliphatic rings. The van der Waals surface area contributed by atoms with Gasteiger partial charge in [-0.15, -0.1) is 0 Å². The Morgan fingerprint density at radius 2 is 1.55 bits per heavy atom. The molecule has 0 amide bonds. The van der Waals surface area contributed by atoms with Crippen LogP contribution in [0.1, 0.15) is 17.2 Å². The molecular formula is C20H21O11+. The molecule has 4 rings (SSSR count). The lowest BCUT2D eigenvalue weighted by molar-refractivity contribution is -0.335. The Morgan fingerprint density at radius 3 is 2.26 bits per heavy atom. The summed E-state index contributed by atoms with van der Waals surface area (Å²) >= 11 is 0. The van der Waals surface area contributed by atoms with Gasteiger partial charge in [-0.1, -0.05) is 0 Å². The fraction of sp³-hybridized carbons (Fsp3) is 0.300. The molecule has 11 nitrogen and oxygen atoms in total. The SMILES string of the molecule is Oc1cc(O)c2c(c1)[OH+]C(c1ccc(O)c(O)c1)C(OC1OC(O)C(O)C(O)C1O)=C2. The highest BCUT2D eigenvalue weighted by atomic mass is 16.7. The van der Waals surface area contributed by atoms with Crippen LogP contribution in [0, 0.1) is 0 Å². The first kappa shape index (κ1) is 21.0. The van der Waals surface area contributed by atoms with E-state index in [4.69, 9.17) is 9.47 Å². The number of rotatable bonds is 3. The average molecular weight is 437 g/mol. The first-order chi connectivity index (χ1) is 14.7. The van der Waals surface area contributed by atoms with Gasteiger partial charge in [-0.3, -0.25) is 0 Å². The van der Waals surface area contributed by atoms with Gasteiger partial charge in [0.1, 0.15) is 35.4 Å². The zero-order chi connectivity index (χ0) is 22.4. The highest BCUT2D eigenvalue weighted by Crippen LogP contribution is 2.46.